The Bertz CT molecular complexity index is 119. The molecule has 0 fully saturated rings. The summed E-state index contributed by atoms with van der Waals surface area (Å²) < 4.78 is 0. The van der Waals surface area contributed by atoms with Gasteiger partial charge in [-0.1, -0.05) is 26.2 Å². The molecule has 11 heavy (non-hydrogen) atoms. The minimum atomic E-state index is -0.358. The molecule has 1 unspecified atom stereocenters. The van der Waals surface area contributed by atoms with Crippen LogP contribution >= 0.6 is 11.6 Å². The van der Waals surface area contributed by atoms with Gasteiger partial charge in [-0.3, -0.25) is 10.1 Å². The summed E-state index contributed by atoms with van der Waals surface area (Å²) in [5.74, 6) is 0. The molecule has 0 aliphatic heterocycles. The maximum Gasteiger partial charge on any atom is 0.220 e. The Morgan fingerprint density at radius 2 is 2.18 bits per heavy atom. The molecule has 1 atom stereocenters. The summed E-state index contributed by atoms with van der Waals surface area (Å²) >= 11 is 5.67. The highest BCUT2D eigenvalue weighted by molar-refractivity contribution is 6.20. The summed E-state index contributed by atoms with van der Waals surface area (Å²) in [4.78, 5) is 9.61. The van der Waals surface area contributed by atoms with Gasteiger partial charge in [0, 0.05) is 4.92 Å². The van der Waals surface area contributed by atoms with Gasteiger partial charge in [0.1, 0.15) is 0 Å². The molecule has 0 aliphatic carbocycles. The van der Waals surface area contributed by atoms with Crippen molar-refractivity contribution in [3.05, 3.63) is 10.1 Å². The van der Waals surface area contributed by atoms with E-state index < -0.39 is 0 Å². The molecule has 0 saturated carbocycles. The van der Waals surface area contributed by atoms with Crippen molar-refractivity contribution in [2.45, 2.75) is 38.0 Å². The second-order valence-corrected chi connectivity index (χ2v) is 3.23. The number of unbranched alkanes of at least 4 members (excludes halogenated alkanes) is 2. The van der Waals surface area contributed by atoms with Gasteiger partial charge in [-0.2, -0.15) is 0 Å². The molecule has 0 N–H and O–H groups in total. The van der Waals surface area contributed by atoms with Crippen LogP contribution < -0.4 is 0 Å². The van der Waals surface area contributed by atoms with Crippen molar-refractivity contribution in [2.75, 3.05) is 6.54 Å². The van der Waals surface area contributed by atoms with Crippen molar-refractivity contribution >= 4 is 11.6 Å². The molecular formula is C7H14ClNO2. The molecular weight excluding hydrogens is 166 g/mol. The van der Waals surface area contributed by atoms with E-state index in [-0.39, 0.29) is 16.8 Å². The van der Waals surface area contributed by atoms with Crippen molar-refractivity contribution in [3.8, 4) is 0 Å². The molecule has 3 nitrogen and oxygen atoms in total. The first kappa shape index (κ1) is 10.7. The SMILES string of the molecule is CCCCCC(Cl)C[N+](=O)[O-]. The van der Waals surface area contributed by atoms with E-state index in [2.05, 4.69) is 6.92 Å². The van der Waals surface area contributed by atoms with E-state index in [9.17, 15) is 10.1 Å². The maximum absolute atomic E-state index is 9.96. The van der Waals surface area contributed by atoms with Crippen LogP contribution in [0.15, 0.2) is 0 Å². The molecule has 0 rings (SSSR count). The number of nitro groups is 1. The number of halogens is 1. The Balaban J connectivity index is 3.22. The Kier molecular flexibility index (Phi) is 6.22. The monoisotopic (exact) mass is 179 g/mol. The Labute approximate surface area is 71.9 Å². The third kappa shape index (κ3) is 7.59. The average Bonchev–Trinajstić information content (AvgIpc) is 1.86. The van der Waals surface area contributed by atoms with Gasteiger partial charge in [-0.25, -0.2) is 0 Å². The van der Waals surface area contributed by atoms with Gasteiger partial charge in [0.2, 0.25) is 6.54 Å². The van der Waals surface area contributed by atoms with E-state index in [1.54, 1.807) is 0 Å². The Morgan fingerprint density at radius 1 is 1.55 bits per heavy atom. The van der Waals surface area contributed by atoms with E-state index >= 15 is 0 Å². The maximum atomic E-state index is 9.96. The molecule has 0 amide bonds. The number of hydrogen-bond acceptors (Lipinski definition) is 2. The minimum Gasteiger partial charge on any atom is -0.264 e. The molecule has 0 aromatic heterocycles. The fourth-order valence-electron chi connectivity index (χ4n) is 0.869. The number of hydrogen-bond donors (Lipinski definition) is 0. The lowest BCUT2D eigenvalue weighted by molar-refractivity contribution is -0.479. The lowest BCUT2D eigenvalue weighted by Crippen LogP contribution is -2.13. The highest BCUT2D eigenvalue weighted by atomic mass is 35.5. The van der Waals surface area contributed by atoms with Gasteiger partial charge in [0.25, 0.3) is 0 Å². The largest absolute Gasteiger partial charge is 0.264 e. The molecule has 0 radical (unpaired) electrons. The zero-order chi connectivity index (χ0) is 8.69. The zero-order valence-electron chi connectivity index (χ0n) is 6.75. The second-order valence-electron chi connectivity index (χ2n) is 2.61. The summed E-state index contributed by atoms with van der Waals surface area (Å²) in [6.07, 6.45) is 4.00. The summed E-state index contributed by atoms with van der Waals surface area (Å²) in [6.45, 7) is 1.99. The van der Waals surface area contributed by atoms with Gasteiger partial charge in [0.15, 0.2) is 0 Å². The van der Waals surface area contributed by atoms with Crippen LogP contribution in [0.1, 0.15) is 32.6 Å². The molecule has 0 spiro atoms. The molecule has 0 aliphatic rings. The topological polar surface area (TPSA) is 43.1 Å². The first-order valence-electron chi connectivity index (χ1n) is 3.92. The molecule has 0 aromatic rings. The number of nitrogens with zero attached hydrogens (tertiary/aromatic N) is 1. The van der Waals surface area contributed by atoms with Crippen LogP contribution in [-0.4, -0.2) is 16.8 Å². The molecule has 0 saturated heterocycles. The number of rotatable bonds is 6. The Morgan fingerprint density at radius 3 is 2.64 bits per heavy atom. The standard InChI is InChI=1S/C7H14ClNO2/c1-2-3-4-5-7(8)6-9(10)11/h7H,2-6H2,1H3. The van der Waals surface area contributed by atoms with Crippen molar-refractivity contribution in [2.24, 2.45) is 0 Å². The number of alkyl halides is 1. The summed E-state index contributed by atoms with van der Waals surface area (Å²) in [5.41, 5.74) is 0. The van der Waals surface area contributed by atoms with Crippen LogP contribution in [0.3, 0.4) is 0 Å². The van der Waals surface area contributed by atoms with Gasteiger partial charge in [0.05, 0.1) is 5.38 Å². The lowest BCUT2D eigenvalue weighted by Gasteiger charge is -2.02. The summed E-state index contributed by atoms with van der Waals surface area (Å²) in [5, 5.41) is 9.68. The quantitative estimate of drug-likeness (QED) is 0.272. The fourth-order valence-corrected chi connectivity index (χ4v) is 1.14. The van der Waals surface area contributed by atoms with Crippen LogP contribution in [0.2, 0.25) is 0 Å². The zero-order valence-corrected chi connectivity index (χ0v) is 7.51. The second kappa shape index (κ2) is 6.40. The van der Waals surface area contributed by atoms with Crippen molar-refractivity contribution in [1.82, 2.24) is 0 Å². The van der Waals surface area contributed by atoms with E-state index in [4.69, 9.17) is 11.6 Å². The third-order valence-corrected chi connectivity index (χ3v) is 1.82. The Hall–Kier alpha value is -0.310. The summed E-state index contributed by atoms with van der Waals surface area (Å²) in [6, 6.07) is 0. The van der Waals surface area contributed by atoms with Crippen LogP contribution in [-0.2, 0) is 0 Å². The smallest absolute Gasteiger partial charge is 0.220 e. The third-order valence-electron chi connectivity index (χ3n) is 1.47. The average molecular weight is 180 g/mol. The highest BCUT2D eigenvalue weighted by Gasteiger charge is 2.10. The highest BCUT2D eigenvalue weighted by Crippen LogP contribution is 2.08. The molecule has 0 bridgehead atoms. The van der Waals surface area contributed by atoms with E-state index in [1.165, 1.54) is 0 Å². The molecule has 66 valence electrons. The van der Waals surface area contributed by atoms with Gasteiger partial charge >= 0.3 is 0 Å². The van der Waals surface area contributed by atoms with Gasteiger partial charge < -0.3 is 0 Å². The fraction of sp³-hybridized carbons (Fsp3) is 1.00. The van der Waals surface area contributed by atoms with Crippen molar-refractivity contribution in [3.63, 3.8) is 0 Å². The van der Waals surface area contributed by atoms with Crippen LogP contribution in [0.5, 0.6) is 0 Å². The molecule has 0 aromatic carbocycles. The predicted molar refractivity (Wildman–Crippen MR) is 45.6 cm³/mol. The minimum absolute atomic E-state index is 0.106. The normalized spacial score (nSPS) is 12.9. The first-order chi connectivity index (χ1) is 5.16. The molecule has 0 heterocycles. The summed E-state index contributed by atoms with van der Waals surface area (Å²) in [7, 11) is 0. The first-order valence-corrected chi connectivity index (χ1v) is 4.36. The van der Waals surface area contributed by atoms with E-state index in [0.717, 1.165) is 25.7 Å². The van der Waals surface area contributed by atoms with Gasteiger partial charge in [-0.15, -0.1) is 11.6 Å². The molecule has 4 heteroatoms. The van der Waals surface area contributed by atoms with E-state index in [1.807, 2.05) is 0 Å². The van der Waals surface area contributed by atoms with Crippen LogP contribution in [0.25, 0.3) is 0 Å². The van der Waals surface area contributed by atoms with Gasteiger partial charge in [-0.05, 0) is 6.42 Å². The lowest BCUT2D eigenvalue weighted by atomic mass is 10.1. The van der Waals surface area contributed by atoms with E-state index in [0.29, 0.717) is 0 Å². The van der Waals surface area contributed by atoms with Crippen LogP contribution in [0.4, 0.5) is 0 Å². The predicted octanol–water partition coefficient (Wildman–Crippen LogP) is 2.45. The van der Waals surface area contributed by atoms with Crippen molar-refractivity contribution < 1.29 is 4.92 Å². The van der Waals surface area contributed by atoms with Crippen LogP contribution in [0, 0.1) is 10.1 Å². The van der Waals surface area contributed by atoms with Crippen molar-refractivity contribution in [1.29, 1.82) is 0 Å².